The van der Waals surface area contributed by atoms with Gasteiger partial charge in [-0.2, -0.15) is 0 Å². The smallest absolute Gasteiger partial charge is 0.0701 e. The molecule has 0 aliphatic carbocycles. The number of halogens is 1. The van der Waals surface area contributed by atoms with Crippen LogP contribution >= 0.6 is 15.9 Å². The van der Waals surface area contributed by atoms with Crippen molar-refractivity contribution in [3.63, 3.8) is 0 Å². The summed E-state index contributed by atoms with van der Waals surface area (Å²) in [5.74, 6) is 0. The minimum atomic E-state index is 0.929. The summed E-state index contributed by atoms with van der Waals surface area (Å²) in [6, 6.07) is 15.9. The summed E-state index contributed by atoms with van der Waals surface area (Å²) in [6.45, 7) is 3.78. The molecule has 2 aromatic rings. The quantitative estimate of drug-likeness (QED) is 0.716. The maximum atomic E-state index is 4.48. The fourth-order valence-electron chi connectivity index (χ4n) is 1.50. The number of para-hydroxylation sites is 1. The largest absolute Gasteiger partial charge is 0.256 e. The van der Waals surface area contributed by atoms with Crippen LogP contribution in [0.5, 0.6) is 0 Å². The second-order valence-corrected chi connectivity index (χ2v) is 4.40. The standard InChI is InChI=1S/C15H12BrN/c1-2-12-7-4-6-10-15(12)17-11-13-8-3-5-9-14(13)16/h2-11H,1H2. The number of aliphatic imine (C=N–C) groups is 1. The summed E-state index contributed by atoms with van der Waals surface area (Å²) >= 11 is 3.49. The van der Waals surface area contributed by atoms with Crippen LogP contribution < -0.4 is 0 Å². The molecule has 2 heteroatoms. The van der Waals surface area contributed by atoms with E-state index in [9.17, 15) is 0 Å². The van der Waals surface area contributed by atoms with E-state index in [0.29, 0.717) is 0 Å². The lowest BCUT2D eigenvalue weighted by atomic mass is 10.2. The zero-order chi connectivity index (χ0) is 12.1. The van der Waals surface area contributed by atoms with Crippen LogP contribution in [-0.2, 0) is 0 Å². The molecule has 0 atom stereocenters. The molecule has 0 fully saturated rings. The molecule has 1 nitrogen and oxygen atoms in total. The Morgan fingerprint density at radius 2 is 1.59 bits per heavy atom. The Bertz CT molecular complexity index is 558. The van der Waals surface area contributed by atoms with Crippen molar-refractivity contribution in [2.24, 2.45) is 4.99 Å². The maximum absolute atomic E-state index is 4.48. The lowest BCUT2D eigenvalue weighted by Crippen LogP contribution is -1.82. The molecule has 0 saturated heterocycles. The van der Waals surface area contributed by atoms with E-state index in [1.54, 1.807) is 0 Å². The van der Waals surface area contributed by atoms with Gasteiger partial charge in [0.15, 0.2) is 0 Å². The van der Waals surface area contributed by atoms with Crippen molar-refractivity contribution in [1.82, 2.24) is 0 Å². The van der Waals surface area contributed by atoms with Crippen molar-refractivity contribution < 1.29 is 0 Å². The van der Waals surface area contributed by atoms with Crippen LogP contribution in [0.4, 0.5) is 5.69 Å². The van der Waals surface area contributed by atoms with Crippen molar-refractivity contribution >= 4 is 33.9 Å². The van der Waals surface area contributed by atoms with E-state index in [4.69, 9.17) is 0 Å². The molecule has 0 N–H and O–H groups in total. The second-order valence-electron chi connectivity index (χ2n) is 3.54. The number of benzene rings is 2. The first-order valence-corrected chi connectivity index (χ1v) is 6.10. The van der Waals surface area contributed by atoms with Crippen LogP contribution in [0.25, 0.3) is 6.08 Å². The van der Waals surface area contributed by atoms with Crippen LogP contribution in [-0.4, -0.2) is 6.21 Å². The second kappa shape index (κ2) is 5.60. The topological polar surface area (TPSA) is 12.4 Å². The predicted octanol–water partition coefficient (Wildman–Crippen LogP) is 4.84. The van der Waals surface area contributed by atoms with Gasteiger partial charge < -0.3 is 0 Å². The SMILES string of the molecule is C=Cc1ccccc1N=Cc1ccccc1Br. The van der Waals surface area contributed by atoms with Gasteiger partial charge in [-0.05, 0) is 17.7 Å². The van der Waals surface area contributed by atoms with Crippen molar-refractivity contribution in [2.75, 3.05) is 0 Å². The van der Waals surface area contributed by atoms with Gasteiger partial charge in [-0.1, -0.05) is 65.0 Å². The Labute approximate surface area is 110 Å². The molecule has 0 radical (unpaired) electrons. The first-order valence-electron chi connectivity index (χ1n) is 5.31. The minimum Gasteiger partial charge on any atom is -0.256 e. The molecule has 17 heavy (non-hydrogen) atoms. The fraction of sp³-hybridized carbons (Fsp3) is 0. The van der Waals surface area contributed by atoms with Gasteiger partial charge in [0.25, 0.3) is 0 Å². The molecule has 84 valence electrons. The highest BCUT2D eigenvalue weighted by atomic mass is 79.9. The van der Waals surface area contributed by atoms with Crippen LogP contribution in [0.15, 0.2) is 64.6 Å². The monoisotopic (exact) mass is 285 g/mol. The lowest BCUT2D eigenvalue weighted by molar-refractivity contribution is 1.50. The summed E-state index contributed by atoms with van der Waals surface area (Å²) in [6.07, 6.45) is 3.67. The highest BCUT2D eigenvalue weighted by Gasteiger charge is 1.96. The molecule has 0 aromatic heterocycles. The third-order valence-corrected chi connectivity index (χ3v) is 3.13. The number of hydrogen-bond donors (Lipinski definition) is 0. The molecule has 0 spiro atoms. The zero-order valence-electron chi connectivity index (χ0n) is 9.31. The highest BCUT2D eigenvalue weighted by Crippen LogP contribution is 2.20. The van der Waals surface area contributed by atoms with E-state index in [0.717, 1.165) is 21.3 Å². The third kappa shape index (κ3) is 2.92. The highest BCUT2D eigenvalue weighted by molar-refractivity contribution is 9.10. The minimum absolute atomic E-state index is 0.929. The van der Waals surface area contributed by atoms with Gasteiger partial charge in [-0.25, -0.2) is 0 Å². The van der Waals surface area contributed by atoms with Gasteiger partial charge in [-0.3, -0.25) is 4.99 Å². The van der Waals surface area contributed by atoms with Crippen molar-refractivity contribution in [2.45, 2.75) is 0 Å². The van der Waals surface area contributed by atoms with Gasteiger partial charge >= 0.3 is 0 Å². The van der Waals surface area contributed by atoms with Gasteiger partial charge in [0.2, 0.25) is 0 Å². The molecule has 0 unspecified atom stereocenters. The molecular formula is C15H12BrN. The van der Waals surface area contributed by atoms with Crippen molar-refractivity contribution in [3.05, 3.63) is 70.7 Å². The van der Waals surface area contributed by atoms with Crippen molar-refractivity contribution in [3.8, 4) is 0 Å². The number of nitrogens with zero attached hydrogens (tertiary/aromatic N) is 1. The molecule has 0 amide bonds. The number of hydrogen-bond acceptors (Lipinski definition) is 1. The van der Waals surface area contributed by atoms with E-state index < -0.39 is 0 Å². The molecule has 0 aliphatic rings. The summed E-state index contributed by atoms with van der Waals surface area (Å²) in [4.78, 5) is 4.48. The Morgan fingerprint density at radius 1 is 0.941 bits per heavy atom. The Morgan fingerprint density at radius 3 is 2.29 bits per heavy atom. The Hall–Kier alpha value is -1.67. The van der Waals surface area contributed by atoms with Crippen LogP contribution in [0.3, 0.4) is 0 Å². The van der Waals surface area contributed by atoms with E-state index in [-0.39, 0.29) is 0 Å². The average molecular weight is 286 g/mol. The molecule has 2 rings (SSSR count). The van der Waals surface area contributed by atoms with Crippen LogP contribution in [0.1, 0.15) is 11.1 Å². The Kier molecular flexibility index (Phi) is 3.89. The molecule has 0 heterocycles. The van der Waals surface area contributed by atoms with Gasteiger partial charge in [-0.15, -0.1) is 0 Å². The van der Waals surface area contributed by atoms with Gasteiger partial charge in [0, 0.05) is 16.3 Å². The molecule has 0 aliphatic heterocycles. The first kappa shape index (κ1) is 11.8. The first-order chi connectivity index (χ1) is 8.31. The summed E-state index contributed by atoms with van der Waals surface area (Å²) in [7, 11) is 0. The third-order valence-electron chi connectivity index (χ3n) is 2.40. The number of rotatable bonds is 3. The molecule has 0 saturated carbocycles. The van der Waals surface area contributed by atoms with E-state index in [1.165, 1.54) is 0 Å². The zero-order valence-corrected chi connectivity index (χ0v) is 10.9. The van der Waals surface area contributed by atoms with Crippen LogP contribution in [0, 0.1) is 0 Å². The van der Waals surface area contributed by atoms with Gasteiger partial charge in [0.05, 0.1) is 5.69 Å². The maximum Gasteiger partial charge on any atom is 0.0701 e. The van der Waals surface area contributed by atoms with E-state index in [1.807, 2.05) is 60.8 Å². The fourth-order valence-corrected chi connectivity index (χ4v) is 1.88. The lowest BCUT2D eigenvalue weighted by Gasteiger charge is -2.00. The van der Waals surface area contributed by atoms with Gasteiger partial charge in [0.1, 0.15) is 0 Å². The normalized spacial score (nSPS) is 10.6. The summed E-state index contributed by atoms with van der Waals surface area (Å²) < 4.78 is 1.04. The summed E-state index contributed by atoms with van der Waals surface area (Å²) in [5, 5.41) is 0. The average Bonchev–Trinajstić information content (AvgIpc) is 2.38. The van der Waals surface area contributed by atoms with Crippen molar-refractivity contribution in [1.29, 1.82) is 0 Å². The van der Waals surface area contributed by atoms with Crippen LogP contribution in [0.2, 0.25) is 0 Å². The Balaban J connectivity index is 2.32. The van der Waals surface area contributed by atoms with E-state index in [2.05, 4.69) is 27.5 Å². The van der Waals surface area contributed by atoms with E-state index >= 15 is 0 Å². The molecule has 0 bridgehead atoms. The predicted molar refractivity (Wildman–Crippen MR) is 77.9 cm³/mol. The molecule has 2 aromatic carbocycles. The summed E-state index contributed by atoms with van der Waals surface area (Å²) in [5.41, 5.74) is 3.03. The molecular weight excluding hydrogens is 274 g/mol.